The van der Waals surface area contributed by atoms with Gasteiger partial charge in [-0.3, -0.25) is 4.79 Å². The highest BCUT2D eigenvalue weighted by atomic mass is 79.9. The summed E-state index contributed by atoms with van der Waals surface area (Å²) in [5.74, 6) is 0.468. The van der Waals surface area contributed by atoms with E-state index in [1.807, 2.05) is 0 Å². The molecule has 1 atom stereocenters. The second kappa shape index (κ2) is 6.59. The van der Waals surface area contributed by atoms with Crippen LogP contribution in [0.25, 0.3) is 0 Å². The Morgan fingerprint density at radius 2 is 2.37 bits per heavy atom. The van der Waals surface area contributed by atoms with Gasteiger partial charge in [0.05, 0.1) is 10.6 Å². The Morgan fingerprint density at radius 3 is 3.05 bits per heavy atom. The molecule has 1 N–H and O–H groups in total. The molecule has 19 heavy (non-hydrogen) atoms. The van der Waals surface area contributed by atoms with Crippen molar-refractivity contribution >= 4 is 33.4 Å². The number of benzene rings is 1. The van der Waals surface area contributed by atoms with Crippen molar-refractivity contribution in [3.05, 3.63) is 27.7 Å². The number of hydrogen-bond donors (Lipinski definition) is 1. The first-order valence-electron chi connectivity index (χ1n) is 6.10. The molecule has 1 aromatic carbocycles. The van der Waals surface area contributed by atoms with E-state index in [0.29, 0.717) is 28.3 Å². The predicted molar refractivity (Wildman–Crippen MR) is 76.5 cm³/mol. The van der Waals surface area contributed by atoms with E-state index in [-0.39, 0.29) is 12.5 Å². The van der Waals surface area contributed by atoms with Crippen molar-refractivity contribution in [2.75, 3.05) is 19.7 Å². The van der Waals surface area contributed by atoms with E-state index < -0.39 is 6.10 Å². The molecule has 1 aliphatic rings. The lowest BCUT2D eigenvalue weighted by atomic mass is 10.1. The van der Waals surface area contributed by atoms with Crippen LogP contribution in [0.5, 0.6) is 5.75 Å². The van der Waals surface area contributed by atoms with Gasteiger partial charge in [0, 0.05) is 18.1 Å². The number of carbonyl (C=O) groups excluding carboxylic acids is 1. The summed E-state index contributed by atoms with van der Waals surface area (Å²) in [4.78, 5) is 13.6. The van der Waals surface area contributed by atoms with Gasteiger partial charge >= 0.3 is 0 Å². The van der Waals surface area contributed by atoms with Gasteiger partial charge in [-0.15, -0.1) is 0 Å². The highest BCUT2D eigenvalue weighted by molar-refractivity contribution is 9.10. The third-order valence-corrected chi connectivity index (χ3v) is 3.85. The van der Waals surface area contributed by atoms with Crippen molar-refractivity contribution in [3.8, 4) is 5.75 Å². The first kappa shape index (κ1) is 14.6. The Morgan fingerprint density at radius 1 is 1.58 bits per heavy atom. The number of ether oxygens (including phenoxy) is 1. The monoisotopic (exact) mass is 347 g/mol. The maximum Gasteiger partial charge on any atom is 0.260 e. The van der Waals surface area contributed by atoms with E-state index in [1.165, 1.54) is 0 Å². The van der Waals surface area contributed by atoms with Crippen LogP contribution in [0.4, 0.5) is 0 Å². The Balaban J connectivity index is 1.89. The average molecular weight is 349 g/mol. The van der Waals surface area contributed by atoms with Crippen molar-refractivity contribution in [2.24, 2.45) is 0 Å². The quantitative estimate of drug-likeness (QED) is 0.913. The number of aliphatic hydroxyl groups excluding tert-OH is 1. The fraction of sp³-hybridized carbons (Fsp3) is 0.462. The van der Waals surface area contributed by atoms with E-state index >= 15 is 0 Å². The van der Waals surface area contributed by atoms with Crippen molar-refractivity contribution in [3.63, 3.8) is 0 Å². The van der Waals surface area contributed by atoms with E-state index in [4.69, 9.17) is 16.3 Å². The highest BCUT2D eigenvalue weighted by Crippen LogP contribution is 2.28. The van der Waals surface area contributed by atoms with E-state index in [1.54, 1.807) is 23.1 Å². The Labute approximate surface area is 125 Å². The normalized spacial score (nSPS) is 19.3. The van der Waals surface area contributed by atoms with Gasteiger partial charge in [-0.1, -0.05) is 11.6 Å². The molecule has 1 aliphatic heterocycles. The summed E-state index contributed by atoms with van der Waals surface area (Å²) >= 11 is 9.16. The lowest BCUT2D eigenvalue weighted by molar-refractivity contribution is -0.136. The fourth-order valence-corrected chi connectivity index (χ4v) is 2.80. The Hall–Kier alpha value is -0.780. The Kier molecular flexibility index (Phi) is 5.07. The third-order valence-electron chi connectivity index (χ3n) is 2.99. The summed E-state index contributed by atoms with van der Waals surface area (Å²) in [6.45, 7) is 1.04. The van der Waals surface area contributed by atoms with Gasteiger partial charge in [0.15, 0.2) is 6.61 Å². The largest absolute Gasteiger partial charge is 0.483 e. The molecule has 1 saturated heterocycles. The fourth-order valence-electron chi connectivity index (χ4n) is 2.00. The van der Waals surface area contributed by atoms with E-state index in [9.17, 15) is 9.90 Å². The molecule has 0 spiro atoms. The number of rotatable bonds is 3. The van der Waals surface area contributed by atoms with Gasteiger partial charge in [0.1, 0.15) is 5.75 Å². The molecule has 2 rings (SSSR count). The highest BCUT2D eigenvalue weighted by Gasteiger charge is 2.22. The van der Waals surface area contributed by atoms with Crippen LogP contribution in [-0.2, 0) is 4.79 Å². The number of aliphatic hydroxyl groups is 1. The second-order valence-electron chi connectivity index (χ2n) is 4.50. The molecule has 1 heterocycles. The van der Waals surface area contributed by atoms with Crippen LogP contribution >= 0.6 is 27.5 Å². The molecule has 104 valence electrons. The number of halogens is 2. The number of nitrogens with zero attached hydrogens (tertiary/aromatic N) is 1. The number of carbonyl (C=O) groups is 1. The molecule has 0 saturated carbocycles. The molecule has 1 aromatic rings. The molecule has 1 amide bonds. The maximum atomic E-state index is 11.9. The molecule has 4 nitrogen and oxygen atoms in total. The minimum atomic E-state index is -0.417. The van der Waals surface area contributed by atoms with Gasteiger partial charge in [-0.25, -0.2) is 0 Å². The summed E-state index contributed by atoms with van der Waals surface area (Å²) in [5.41, 5.74) is 0. The molecular formula is C13H15BrClNO3. The van der Waals surface area contributed by atoms with Gasteiger partial charge in [0.2, 0.25) is 0 Å². The Bertz CT molecular complexity index is 469. The molecule has 0 radical (unpaired) electrons. The molecule has 0 aromatic heterocycles. The number of amides is 1. The first-order valence-corrected chi connectivity index (χ1v) is 7.27. The standard InChI is InChI=1S/C13H15BrClNO3/c14-11-6-9(15)3-4-12(11)19-8-13(18)16-5-1-2-10(17)7-16/h3-4,6,10,17H,1-2,5,7-8H2. The molecular weight excluding hydrogens is 334 g/mol. The lowest BCUT2D eigenvalue weighted by Gasteiger charge is -2.30. The number of β-amino-alcohol motifs (C(OH)–C–C–N with tert-alkyl or cyclic N) is 1. The summed E-state index contributed by atoms with van der Waals surface area (Å²) in [6, 6.07) is 5.13. The summed E-state index contributed by atoms with van der Waals surface area (Å²) in [7, 11) is 0. The van der Waals surface area contributed by atoms with Crippen LogP contribution in [0.1, 0.15) is 12.8 Å². The zero-order valence-electron chi connectivity index (χ0n) is 10.3. The van der Waals surface area contributed by atoms with Crippen LogP contribution < -0.4 is 4.74 Å². The topological polar surface area (TPSA) is 49.8 Å². The zero-order chi connectivity index (χ0) is 13.8. The van der Waals surface area contributed by atoms with Crippen LogP contribution in [-0.4, -0.2) is 41.7 Å². The minimum absolute atomic E-state index is 0.0348. The summed E-state index contributed by atoms with van der Waals surface area (Å²) < 4.78 is 6.18. The van der Waals surface area contributed by atoms with E-state index in [0.717, 1.165) is 12.8 Å². The van der Waals surface area contributed by atoms with Gasteiger partial charge < -0.3 is 14.7 Å². The number of piperidine rings is 1. The van der Waals surface area contributed by atoms with Crippen LogP contribution in [0.15, 0.2) is 22.7 Å². The van der Waals surface area contributed by atoms with Crippen LogP contribution in [0.3, 0.4) is 0 Å². The maximum absolute atomic E-state index is 11.9. The predicted octanol–water partition coefficient (Wildman–Crippen LogP) is 2.46. The second-order valence-corrected chi connectivity index (χ2v) is 5.79. The summed E-state index contributed by atoms with van der Waals surface area (Å²) in [6.07, 6.45) is 1.17. The number of hydrogen-bond acceptors (Lipinski definition) is 3. The lowest BCUT2D eigenvalue weighted by Crippen LogP contribution is -2.44. The SMILES string of the molecule is O=C(COc1ccc(Cl)cc1Br)N1CCCC(O)C1. The molecule has 6 heteroatoms. The van der Waals surface area contributed by atoms with E-state index in [2.05, 4.69) is 15.9 Å². The minimum Gasteiger partial charge on any atom is -0.483 e. The zero-order valence-corrected chi connectivity index (χ0v) is 12.7. The molecule has 1 unspecified atom stereocenters. The third kappa shape index (κ3) is 4.09. The average Bonchev–Trinajstić information content (AvgIpc) is 2.37. The van der Waals surface area contributed by atoms with Gasteiger partial charge in [0.25, 0.3) is 5.91 Å². The summed E-state index contributed by atoms with van der Waals surface area (Å²) in [5, 5.41) is 10.1. The van der Waals surface area contributed by atoms with Gasteiger partial charge in [-0.2, -0.15) is 0 Å². The van der Waals surface area contributed by atoms with Crippen molar-refractivity contribution in [2.45, 2.75) is 18.9 Å². The first-order chi connectivity index (χ1) is 9.06. The van der Waals surface area contributed by atoms with Crippen LogP contribution in [0, 0.1) is 0 Å². The number of likely N-dealkylation sites (tertiary alicyclic amines) is 1. The van der Waals surface area contributed by atoms with Crippen molar-refractivity contribution in [1.29, 1.82) is 0 Å². The van der Waals surface area contributed by atoms with Crippen molar-refractivity contribution < 1.29 is 14.6 Å². The molecule has 0 bridgehead atoms. The van der Waals surface area contributed by atoms with Crippen LogP contribution in [0.2, 0.25) is 5.02 Å². The molecule has 0 aliphatic carbocycles. The molecule has 1 fully saturated rings. The van der Waals surface area contributed by atoms with Crippen molar-refractivity contribution in [1.82, 2.24) is 4.90 Å². The van der Waals surface area contributed by atoms with Gasteiger partial charge in [-0.05, 0) is 47.0 Å². The smallest absolute Gasteiger partial charge is 0.260 e.